The Hall–Kier alpha value is -0.300. The maximum Gasteiger partial charge on any atom is 0.0568 e. The van der Waals surface area contributed by atoms with Crippen molar-refractivity contribution >= 4 is 0 Å². The minimum Gasteiger partial charge on any atom is -0.393 e. The number of hydrogen-bond acceptors (Lipinski definition) is 1. The Bertz CT molecular complexity index is 142. The summed E-state index contributed by atoms with van der Waals surface area (Å²) in [6.45, 7) is 5.99. The van der Waals surface area contributed by atoms with E-state index in [4.69, 9.17) is 0 Å². The van der Waals surface area contributed by atoms with Gasteiger partial charge in [-0.3, -0.25) is 0 Å². The van der Waals surface area contributed by atoms with Crippen molar-refractivity contribution in [3.8, 4) is 0 Å². The van der Waals surface area contributed by atoms with Crippen molar-refractivity contribution in [3.05, 3.63) is 12.7 Å². The first kappa shape index (κ1) is 9.79. The van der Waals surface area contributed by atoms with Crippen molar-refractivity contribution in [1.29, 1.82) is 0 Å². The molecule has 1 nitrogen and oxygen atoms in total. The van der Waals surface area contributed by atoms with Gasteiger partial charge in [-0.15, -0.1) is 6.58 Å². The lowest BCUT2D eigenvalue weighted by atomic mass is 9.78. The third-order valence-corrected chi connectivity index (χ3v) is 2.95. The van der Waals surface area contributed by atoms with Crippen molar-refractivity contribution in [2.75, 3.05) is 0 Å². The van der Waals surface area contributed by atoms with E-state index < -0.39 is 0 Å². The van der Waals surface area contributed by atoms with Gasteiger partial charge in [0.1, 0.15) is 0 Å². The van der Waals surface area contributed by atoms with Gasteiger partial charge in [0.15, 0.2) is 0 Å². The molecular formula is C11H20O. The third kappa shape index (κ3) is 2.63. The van der Waals surface area contributed by atoms with Crippen LogP contribution in [0.1, 0.15) is 39.0 Å². The van der Waals surface area contributed by atoms with Gasteiger partial charge in [-0.1, -0.05) is 13.0 Å². The van der Waals surface area contributed by atoms with Crippen LogP contribution in [0.3, 0.4) is 0 Å². The summed E-state index contributed by atoms with van der Waals surface area (Å²) in [5.41, 5.74) is 0. The quantitative estimate of drug-likeness (QED) is 0.642. The molecule has 0 aromatic heterocycles. The minimum atomic E-state index is -0.0406. The lowest BCUT2D eigenvalue weighted by molar-refractivity contribution is 0.0479. The minimum absolute atomic E-state index is 0.0406. The zero-order chi connectivity index (χ0) is 8.97. The van der Waals surface area contributed by atoms with Gasteiger partial charge in [-0.05, 0) is 43.9 Å². The normalized spacial score (nSPS) is 36.3. The second kappa shape index (κ2) is 4.66. The summed E-state index contributed by atoms with van der Waals surface area (Å²) in [6.07, 6.45) is 7.49. The largest absolute Gasteiger partial charge is 0.393 e. The zero-order valence-corrected chi connectivity index (χ0v) is 8.00. The summed E-state index contributed by atoms with van der Waals surface area (Å²) in [5.74, 6) is 1.34. The number of rotatable bonds is 3. The predicted molar refractivity (Wildman–Crippen MR) is 51.9 cm³/mol. The van der Waals surface area contributed by atoms with Crippen LogP contribution < -0.4 is 0 Å². The molecule has 70 valence electrons. The Morgan fingerprint density at radius 1 is 1.50 bits per heavy atom. The SMILES string of the molecule is C=CCCC1CC(C)CCC1O. The van der Waals surface area contributed by atoms with E-state index in [0.717, 1.165) is 25.2 Å². The van der Waals surface area contributed by atoms with Gasteiger partial charge < -0.3 is 5.11 Å². The Morgan fingerprint density at radius 3 is 2.92 bits per heavy atom. The second-order valence-corrected chi connectivity index (χ2v) is 4.11. The van der Waals surface area contributed by atoms with E-state index in [0.29, 0.717) is 5.92 Å². The fraction of sp³-hybridized carbons (Fsp3) is 0.818. The molecule has 0 heterocycles. The van der Waals surface area contributed by atoms with E-state index in [2.05, 4.69) is 13.5 Å². The van der Waals surface area contributed by atoms with Gasteiger partial charge in [0.2, 0.25) is 0 Å². The molecule has 0 aromatic rings. The molecule has 0 bridgehead atoms. The molecule has 0 amide bonds. The Kier molecular flexibility index (Phi) is 3.80. The highest BCUT2D eigenvalue weighted by Crippen LogP contribution is 2.31. The summed E-state index contributed by atoms with van der Waals surface area (Å²) in [5, 5.41) is 9.68. The zero-order valence-electron chi connectivity index (χ0n) is 8.00. The molecule has 0 aromatic carbocycles. The highest BCUT2D eigenvalue weighted by molar-refractivity contribution is 4.80. The molecular weight excluding hydrogens is 148 g/mol. The molecule has 1 aliphatic carbocycles. The molecule has 3 atom stereocenters. The van der Waals surface area contributed by atoms with Crippen molar-refractivity contribution in [1.82, 2.24) is 0 Å². The van der Waals surface area contributed by atoms with Gasteiger partial charge in [-0.2, -0.15) is 0 Å². The Morgan fingerprint density at radius 2 is 2.25 bits per heavy atom. The lowest BCUT2D eigenvalue weighted by Crippen LogP contribution is -2.27. The molecule has 3 unspecified atom stereocenters. The Balaban J connectivity index is 2.32. The van der Waals surface area contributed by atoms with Crippen molar-refractivity contribution in [3.63, 3.8) is 0 Å². The summed E-state index contributed by atoms with van der Waals surface area (Å²) < 4.78 is 0. The van der Waals surface area contributed by atoms with E-state index in [9.17, 15) is 5.11 Å². The van der Waals surface area contributed by atoms with Crippen LogP contribution in [-0.4, -0.2) is 11.2 Å². The summed E-state index contributed by atoms with van der Waals surface area (Å²) in [6, 6.07) is 0. The van der Waals surface area contributed by atoms with Crippen LogP contribution in [0.4, 0.5) is 0 Å². The molecule has 1 N–H and O–H groups in total. The van der Waals surface area contributed by atoms with Crippen molar-refractivity contribution in [2.45, 2.75) is 45.1 Å². The van der Waals surface area contributed by atoms with Crippen LogP contribution >= 0.6 is 0 Å². The van der Waals surface area contributed by atoms with Crippen LogP contribution in [0.2, 0.25) is 0 Å². The smallest absolute Gasteiger partial charge is 0.0568 e. The first-order valence-electron chi connectivity index (χ1n) is 5.03. The molecule has 0 spiro atoms. The standard InChI is InChI=1S/C11H20O/c1-3-4-5-10-8-9(2)6-7-11(10)12/h3,9-12H,1,4-8H2,2H3. The molecule has 1 heteroatoms. The van der Waals surface area contributed by atoms with E-state index in [1.807, 2.05) is 6.08 Å². The second-order valence-electron chi connectivity index (χ2n) is 4.11. The van der Waals surface area contributed by atoms with Crippen LogP contribution in [0.25, 0.3) is 0 Å². The fourth-order valence-corrected chi connectivity index (χ4v) is 2.12. The van der Waals surface area contributed by atoms with Crippen LogP contribution in [0, 0.1) is 11.8 Å². The predicted octanol–water partition coefficient (Wildman–Crippen LogP) is 2.75. The molecule has 0 saturated heterocycles. The van der Waals surface area contributed by atoms with Crippen LogP contribution in [0.5, 0.6) is 0 Å². The maximum absolute atomic E-state index is 9.68. The third-order valence-electron chi connectivity index (χ3n) is 2.95. The fourth-order valence-electron chi connectivity index (χ4n) is 2.12. The van der Waals surface area contributed by atoms with Gasteiger partial charge in [0.25, 0.3) is 0 Å². The molecule has 0 aliphatic heterocycles. The van der Waals surface area contributed by atoms with E-state index in [-0.39, 0.29) is 6.10 Å². The topological polar surface area (TPSA) is 20.2 Å². The monoisotopic (exact) mass is 168 g/mol. The summed E-state index contributed by atoms with van der Waals surface area (Å²) in [7, 11) is 0. The highest BCUT2D eigenvalue weighted by atomic mass is 16.3. The molecule has 1 rings (SSSR count). The van der Waals surface area contributed by atoms with E-state index >= 15 is 0 Å². The first-order valence-corrected chi connectivity index (χ1v) is 5.03. The number of aliphatic hydroxyl groups excluding tert-OH is 1. The molecule has 1 fully saturated rings. The Labute approximate surface area is 75.5 Å². The van der Waals surface area contributed by atoms with Crippen LogP contribution in [-0.2, 0) is 0 Å². The molecule has 12 heavy (non-hydrogen) atoms. The van der Waals surface area contributed by atoms with E-state index in [1.165, 1.54) is 12.8 Å². The van der Waals surface area contributed by atoms with Gasteiger partial charge in [0.05, 0.1) is 6.10 Å². The van der Waals surface area contributed by atoms with Crippen molar-refractivity contribution in [2.24, 2.45) is 11.8 Å². The average Bonchev–Trinajstić information content (AvgIpc) is 2.07. The van der Waals surface area contributed by atoms with Gasteiger partial charge in [0, 0.05) is 0 Å². The van der Waals surface area contributed by atoms with E-state index in [1.54, 1.807) is 0 Å². The molecule has 1 saturated carbocycles. The first-order chi connectivity index (χ1) is 5.74. The number of allylic oxidation sites excluding steroid dienone is 1. The number of aliphatic hydroxyl groups is 1. The maximum atomic E-state index is 9.68. The summed E-state index contributed by atoms with van der Waals surface area (Å²) >= 11 is 0. The lowest BCUT2D eigenvalue weighted by Gasteiger charge is -2.31. The van der Waals surface area contributed by atoms with Crippen LogP contribution in [0.15, 0.2) is 12.7 Å². The molecule has 1 aliphatic rings. The highest BCUT2D eigenvalue weighted by Gasteiger charge is 2.25. The number of hydrogen-bond donors (Lipinski definition) is 1. The van der Waals surface area contributed by atoms with Gasteiger partial charge in [-0.25, -0.2) is 0 Å². The van der Waals surface area contributed by atoms with Gasteiger partial charge >= 0.3 is 0 Å². The van der Waals surface area contributed by atoms with Crippen molar-refractivity contribution < 1.29 is 5.11 Å². The molecule has 0 radical (unpaired) electrons. The average molecular weight is 168 g/mol. The summed E-state index contributed by atoms with van der Waals surface area (Å²) in [4.78, 5) is 0.